The fourth-order valence-electron chi connectivity index (χ4n) is 2.19. The van der Waals surface area contributed by atoms with Crippen LogP contribution >= 0.6 is 0 Å². The van der Waals surface area contributed by atoms with Gasteiger partial charge >= 0.3 is 6.18 Å². The summed E-state index contributed by atoms with van der Waals surface area (Å²) in [5.41, 5.74) is 6.67. The second-order valence-corrected chi connectivity index (χ2v) is 4.40. The van der Waals surface area contributed by atoms with Crippen molar-refractivity contribution >= 4 is 0 Å². The van der Waals surface area contributed by atoms with Gasteiger partial charge in [0.25, 0.3) is 0 Å². The maximum Gasteiger partial charge on any atom is 0.390 e. The van der Waals surface area contributed by atoms with Crippen molar-refractivity contribution in [2.24, 2.45) is 11.7 Å². The standard InChI is InChI=1S/C12H14F3N/c13-12(14,15)7-11(16)10-6-9(10)8-4-2-1-3-5-8/h1-5,9-11H,6-7,16H2. The van der Waals surface area contributed by atoms with Crippen molar-refractivity contribution < 1.29 is 13.2 Å². The third kappa shape index (κ3) is 2.76. The van der Waals surface area contributed by atoms with Crippen molar-refractivity contribution in [3.8, 4) is 0 Å². The molecule has 3 atom stereocenters. The molecule has 1 aromatic rings. The predicted octanol–water partition coefficient (Wildman–Crippen LogP) is 3.07. The summed E-state index contributed by atoms with van der Waals surface area (Å²) < 4.78 is 36.4. The van der Waals surface area contributed by atoms with Crippen LogP contribution in [0.5, 0.6) is 0 Å². The maximum absolute atomic E-state index is 12.1. The second-order valence-electron chi connectivity index (χ2n) is 4.40. The highest BCUT2D eigenvalue weighted by Gasteiger charge is 2.45. The molecule has 0 saturated heterocycles. The zero-order valence-electron chi connectivity index (χ0n) is 8.74. The first-order valence-electron chi connectivity index (χ1n) is 5.34. The lowest BCUT2D eigenvalue weighted by molar-refractivity contribution is -0.139. The van der Waals surface area contributed by atoms with E-state index in [2.05, 4.69) is 0 Å². The number of hydrogen-bond donors (Lipinski definition) is 1. The molecule has 1 saturated carbocycles. The van der Waals surface area contributed by atoms with Crippen LogP contribution < -0.4 is 5.73 Å². The zero-order chi connectivity index (χ0) is 11.8. The summed E-state index contributed by atoms with van der Waals surface area (Å²) >= 11 is 0. The van der Waals surface area contributed by atoms with E-state index >= 15 is 0 Å². The van der Waals surface area contributed by atoms with Gasteiger partial charge in [0.2, 0.25) is 0 Å². The minimum Gasteiger partial charge on any atom is -0.327 e. The van der Waals surface area contributed by atoms with E-state index in [4.69, 9.17) is 5.73 Å². The molecule has 1 fully saturated rings. The Hall–Kier alpha value is -1.03. The van der Waals surface area contributed by atoms with Gasteiger partial charge in [-0.25, -0.2) is 0 Å². The average molecular weight is 229 g/mol. The van der Waals surface area contributed by atoms with Gasteiger partial charge in [0.15, 0.2) is 0 Å². The van der Waals surface area contributed by atoms with Gasteiger partial charge in [-0.3, -0.25) is 0 Å². The van der Waals surface area contributed by atoms with Crippen LogP contribution in [-0.2, 0) is 0 Å². The van der Waals surface area contributed by atoms with Crippen molar-refractivity contribution in [3.05, 3.63) is 35.9 Å². The number of halogens is 3. The zero-order valence-corrected chi connectivity index (χ0v) is 8.74. The average Bonchev–Trinajstić information content (AvgIpc) is 2.96. The topological polar surface area (TPSA) is 26.0 Å². The van der Waals surface area contributed by atoms with Crippen LogP contribution in [0, 0.1) is 5.92 Å². The molecule has 0 bridgehead atoms. The molecule has 1 nitrogen and oxygen atoms in total. The number of rotatable bonds is 3. The van der Waals surface area contributed by atoms with Crippen LogP contribution in [0.2, 0.25) is 0 Å². The van der Waals surface area contributed by atoms with E-state index in [1.165, 1.54) is 0 Å². The van der Waals surface area contributed by atoms with Crippen molar-refractivity contribution in [2.45, 2.75) is 31.0 Å². The molecular formula is C12H14F3N. The molecule has 0 amide bonds. The van der Waals surface area contributed by atoms with Crippen LogP contribution in [0.4, 0.5) is 13.2 Å². The van der Waals surface area contributed by atoms with Gasteiger partial charge in [0, 0.05) is 6.04 Å². The first kappa shape index (κ1) is 11.5. The van der Waals surface area contributed by atoms with Crippen LogP contribution in [0.1, 0.15) is 24.3 Å². The van der Waals surface area contributed by atoms with Crippen molar-refractivity contribution in [1.29, 1.82) is 0 Å². The summed E-state index contributed by atoms with van der Waals surface area (Å²) in [4.78, 5) is 0. The number of nitrogens with two attached hydrogens (primary N) is 1. The molecule has 1 aliphatic rings. The molecule has 0 heterocycles. The van der Waals surface area contributed by atoms with Gasteiger partial charge < -0.3 is 5.73 Å². The van der Waals surface area contributed by atoms with Crippen molar-refractivity contribution in [2.75, 3.05) is 0 Å². The lowest BCUT2D eigenvalue weighted by Crippen LogP contribution is -2.29. The third-order valence-electron chi connectivity index (χ3n) is 3.08. The SMILES string of the molecule is NC(CC(F)(F)F)C1CC1c1ccccc1. The number of alkyl halides is 3. The first-order valence-corrected chi connectivity index (χ1v) is 5.34. The minimum absolute atomic E-state index is 0.0102. The summed E-state index contributed by atoms with van der Waals surface area (Å²) in [7, 11) is 0. The highest BCUT2D eigenvalue weighted by Crippen LogP contribution is 2.50. The van der Waals surface area contributed by atoms with Gasteiger partial charge in [-0.2, -0.15) is 13.2 Å². The summed E-state index contributed by atoms with van der Waals surface area (Å²) in [6.07, 6.45) is -4.24. The summed E-state index contributed by atoms with van der Waals surface area (Å²) in [6, 6.07) is 8.84. The van der Waals surface area contributed by atoms with Crippen LogP contribution in [0.25, 0.3) is 0 Å². The molecule has 1 aromatic carbocycles. The lowest BCUT2D eigenvalue weighted by Gasteiger charge is -2.13. The largest absolute Gasteiger partial charge is 0.390 e. The molecule has 88 valence electrons. The first-order chi connectivity index (χ1) is 7.47. The van der Waals surface area contributed by atoms with Crippen LogP contribution in [0.3, 0.4) is 0 Å². The molecule has 0 aliphatic heterocycles. The summed E-state index contributed by atoms with van der Waals surface area (Å²) in [5.74, 6) is 0.211. The highest BCUT2D eigenvalue weighted by molar-refractivity contribution is 5.26. The van der Waals surface area contributed by atoms with E-state index in [9.17, 15) is 13.2 Å². The lowest BCUT2D eigenvalue weighted by atomic mass is 10.0. The Kier molecular flexibility index (Phi) is 2.93. The van der Waals surface area contributed by atoms with Crippen LogP contribution in [-0.4, -0.2) is 12.2 Å². The van der Waals surface area contributed by atoms with E-state index in [-0.39, 0.29) is 11.8 Å². The summed E-state index contributed by atoms with van der Waals surface area (Å²) in [5, 5.41) is 0. The van der Waals surface area contributed by atoms with Gasteiger partial charge in [-0.15, -0.1) is 0 Å². The van der Waals surface area contributed by atoms with E-state index in [1.54, 1.807) is 0 Å². The quantitative estimate of drug-likeness (QED) is 0.846. The van der Waals surface area contributed by atoms with Crippen molar-refractivity contribution in [1.82, 2.24) is 0 Å². The molecule has 3 unspecified atom stereocenters. The Labute approximate surface area is 92.5 Å². The minimum atomic E-state index is -4.15. The predicted molar refractivity (Wildman–Crippen MR) is 55.9 cm³/mol. The Morgan fingerprint density at radius 1 is 1.25 bits per heavy atom. The monoisotopic (exact) mass is 229 g/mol. The third-order valence-corrected chi connectivity index (χ3v) is 3.08. The Morgan fingerprint density at radius 2 is 1.88 bits per heavy atom. The molecule has 2 rings (SSSR count). The Bertz CT molecular complexity index is 347. The fraction of sp³-hybridized carbons (Fsp3) is 0.500. The maximum atomic E-state index is 12.1. The van der Waals surface area contributed by atoms with E-state index in [1.807, 2.05) is 30.3 Å². The molecule has 0 radical (unpaired) electrons. The second kappa shape index (κ2) is 4.09. The molecule has 0 aromatic heterocycles. The summed E-state index contributed by atoms with van der Waals surface area (Å²) in [6.45, 7) is 0. The van der Waals surface area contributed by atoms with Gasteiger partial charge in [-0.1, -0.05) is 30.3 Å². The molecule has 2 N–H and O–H groups in total. The molecule has 1 aliphatic carbocycles. The normalized spacial score (nSPS) is 26.5. The highest BCUT2D eigenvalue weighted by atomic mass is 19.4. The number of hydrogen-bond acceptors (Lipinski definition) is 1. The number of benzene rings is 1. The Balaban J connectivity index is 1.92. The van der Waals surface area contributed by atoms with Gasteiger partial charge in [0.1, 0.15) is 0 Å². The Morgan fingerprint density at radius 3 is 2.44 bits per heavy atom. The van der Waals surface area contributed by atoms with E-state index in [0.29, 0.717) is 0 Å². The van der Waals surface area contributed by atoms with Gasteiger partial charge in [0.05, 0.1) is 6.42 Å². The van der Waals surface area contributed by atoms with E-state index < -0.39 is 18.6 Å². The molecule has 16 heavy (non-hydrogen) atoms. The molecular weight excluding hydrogens is 215 g/mol. The smallest absolute Gasteiger partial charge is 0.327 e. The molecule has 0 spiro atoms. The molecule has 4 heteroatoms. The van der Waals surface area contributed by atoms with Gasteiger partial charge in [-0.05, 0) is 23.8 Å². The van der Waals surface area contributed by atoms with Crippen LogP contribution in [0.15, 0.2) is 30.3 Å². The van der Waals surface area contributed by atoms with E-state index in [0.717, 1.165) is 12.0 Å². The van der Waals surface area contributed by atoms with Crippen molar-refractivity contribution in [3.63, 3.8) is 0 Å². The fourth-order valence-corrected chi connectivity index (χ4v) is 2.19.